The van der Waals surface area contributed by atoms with Crippen molar-refractivity contribution in [3.05, 3.63) is 12.7 Å². The highest BCUT2D eigenvalue weighted by Crippen LogP contribution is 2.43. The summed E-state index contributed by atoms with van der Waals surface area (Å²) >= 11 is 0. The molecule has 0 amide bonds. The minimum atomic E-state index is -3.88. The van der Waals surface area contributed by atoms with E-state index in [-0.39, 0.29) is 17.8 Å². The summed E-state index contributed by atoms with van der Waals surface area (Å²) in [7, 11) is -3.88. The zero-order chi connectivity index (χ0) is 24.0. The third kappa shape index (κ3) is 6.94. The number of ether oxygens (including phenoxy) is 2. The number of nitrogens with zero attached hydrogens (tertiary/aromatic N) is 4. The monoisotopic (exact) mass is 484 g/mol. The average molecular weight is 484 g/mol. The van der Waals surface area contributed by atoms with Crippen LogP contribution < -0.4 is 11.0 Å². The highest BCUT2D eigenvalue weighted by molar-refractivity contribution is 7.56. The number of nitrogens with one attached hydrogen (secondary N) is 1. The van der Waals surface area contributed by atoms with Crippen LogP contribution in [0, 0.1) is 5.92 Å². The molecule has 2 heterocycles. The van der Waals surface area contributed by atoms with Gasteiger partial charge in [0.1, 0.15) is 18.2 Å². The Morgan fingerprint density at radius 2 is 2.03 bits per heavy atom. The fraction of sp³-hybridized carbons (Fsp3) is 0.632. The molecule has 14 heteroatoms. The molecule has 0 radical (unpaired) electrons. The van der Waals surface area contributed by atoms with Crippen LogP contribution in [0.4, 0.5) is 5.82 Å². The summed E-state index contributed by atoms with van der Waals surface area (Å²) in [6.45, 7) is 4.82. The predicted octanol–water partition coefficient (Wildman–Crippen LogP) is 1.78. The first-order chi connectivity index (χ1) is 15.7. The first-order valence-corrected chi connectivity index (χ1v) is 12.4. The zero-order valence-electron chi connectivity index (χ0n) is 18.8. The largest absolute Gasteiger partial charge is 0.461 e. The van der Waals surface area contributed by atoms with Crippen LogP contribution in [0.25, 0.3) is 11.2 Å². The molecular formula is C19H29N6O7P. The topological polar surface area (TPSA) is 170 Å². The number of carbonyl (C=O) groups is 2. The van der Waals surface area contributed by atoms with Crippen molar-refractivity contribution >= 4 is 36.4 Å². The van der Waals surface area contributed by atoms with Crippen molar-refractivity contribution in [2.24, 2.45) is 5.92 Å². The van der Waals surface area contributed by atoms with Crippen molar-refractivity contribution in [1.29, 1.82) is 0 Å². The summed E-state index contributed by atoms with van der Waals surface area (Å²) in [5, 5.41) is 2.20. The van der Waals surface area contributed by atoms with E-state index in [1.807, 2.05) is 0 Å². The maximum Gasteiger partial charge on any atom is 0.332 e. The van der Waals surface area contributed by atoms with Crippen LogP contribution in [0.1, 0.15) is 40.0 Å². The molecule has 2 atom stereocenters. The Hall–Kier alpha value is -2.60. The molecule has 2 aromatic rings. The molecular weight excluding hydrogens is 455 g/mol. The average Bonchev–Trinajstić information content (AvgIpc) is 3.12. The lowest BCUT2D eigenvalue weighted by atomic mass is 9.86. The van der Waals surface area contributed by atoms with Gasteiger partial charge in [-0.2, -0.15) is 0 Å². The lowest BCUT2D eigenvalue weighted by Gasteiger charge is -2.25. The number of carbonyl (C=O) groups excluding carboxylic acids is 2. The molecule has 3 rings (SSSR count). The number of nitrogens with two attached hydrogens (primary N) is 1. The summed E-state index contributed by atoms with van der Waals surface area (Å²) < 4.78 is 30.9. The van der Waals surface area contributed by atoms with E-state index in [2.05, 4.69) is 20.2 Å². The van der Waals surface area contributed by atoms with Crippen molar-refractivity contribution in [3.63, 3.8) is 0 Å². The van der Waals surface area contributed by atoms with E-state index in [0.717, 1.165) is 6.42 Å². The number of fused-ring (bicyclic) bond motifs is 1. The van der Waals surface area contributed by atoms with Gasteiger partial charge in [0.2, 0.25) is 0 Å². The second-order valence-electron chi connectivity index (χ2n) is 8.06. The Morgan fingerprint density at radius 1 is 1.27 bits per heavy atom. The highest BCUT2D eigenvalue weighted by Gasteiger charge is 2.32. The van der Waals surface area contributed by atoms with Gasteiger partial charge in [0.25, 0.3) is 0 Å². The van der Waals surface area contributed by atoms with Crippen molar-refractivity contribution in [1.82, 2.24) is 24.8 Å². The van der Waals surface area contributed by atoms with Crippen LogP contribution in [-0.2, 0) is 39.5 Å². The molecule has 2 aromatic heterocycles. The first-order valence-electron chi connectivity index (χ1n) is 10.6. The molecule has 0 aromatic carbocycles. The fourth-order valence-corrected chi connectivity index (χ4v) is 4.15. The van der Waals surface area contributed by atoms with Gasteiger partial charge in [0.05, 0.1) is 31.0 Å². The Morgan fingerprint density at radius 3 is 2.70 bits per heavy atom. The van der Waals surface area contributed by atoms with Crippen molar-refractivity contribution in [2.75, 3.05) is 18.7 Å². The zero-order valence-corrected chi connectivity index (χ0v) is 19.7. The molecule has 1 aliphatic rings. The van der Waals surface area contributed by atoms with E-state index in [1.54, 1.807) is 31.7 Å². The minimum Gasteiger partial charge on any atom is -0.461 e. The van der Waals surface area contributed by atoms with Crippen molar-refractivity contribution in [2.45, 2.75) is 58.8 Å². The Bertz CT molecular complexity index is 1030. The van der Waals surface area contributed by atoms with E-state index in [9.17, 15) is 14.2 Å². The van der Waals surface area contributed by atoms with Gasteiger partial charge < -0.3 is 29.1 Å². The molecule has 0 spiro atoms. The molecule has 0 saturated heterocycles. The second kappa shape index (κ2) is 11.0. The van der Waals surface area contributed by atoms with Crippen molar-refractivity contribution < 1.29 is 33.0 Å². The predicted molar refractivity (Wildman–Crippen MR) is 117 cm³/mol. The normalized spacial score (nSPS) is 16.8. The molecule has 1 saturated carbocycles. The molecule has 1 aliphatic carbocycles. The van der Waals surface area contributed by atoms with Gasteiger partial charge >= 0.3 is 19.5 Å². The molecule has 3 N–H and O–H groups in total. The summed E-state index contributed by atoms with van der Waals surface area (Å²) in [5.41, 5.74) is 6.79. The van der Waals surface area contributed by atoms with Crippen LogP contribution in [0.2, 0.25) is 0 Å². The van der Waals surface area contributed by atoms with Crippen LogP contribution in [-0.4, -0.2) is 56.6 Å². The summed E-state index contributed by atoms with van der Waals surface area (Å²) in [6, 6.07) is 0. The second-order valence-corrected chi connectivity index (χ2v) is 10.1. The SMILES string of the molecule is CC(C)OC(=O)COP(=O)(CO[C@H](C)Cn1cnc2c(N)ncnc21)NOC(=O)C1CCC1. The van der Waals surface area contributed by atoms with Gasteiger partial charge in [0, 0.05) is 0 Å². The van der Waals surface area contributed by atoms with Gasteiger partial charge in [-0.05, 0) is 33.6 Å². The molecule has 1 unspecified atom stereocenters. The summed E-state index contributed by atoms with van der Waals surface area (Å²) in [4.78, 5) is 41.1. The standard InChI is InChI=1S/C19H29N6O7P/c1-12(2)31-15(26)8-30-33(28,24-32-19(27)14-5-4-6-14)11-29-13(3)7-25-10-23-16-17(20)21-9-22-18(16)25/h9-10,12-14H,4-8,11H2,1-3H3,(H,24,28)(H2,20,21,22)/t13-,33?/m1/s1. The molecule has 13 nitrogen and oxygen atoms in total. The molecule has 0 aliphatic heterocycles. The van der Waals surface area contributed by atoms with Crippen LogP contribution in [0.5, 0.6) is 0 Å². The lowest BCUT2D eigenvalue weighted by molar-refractivity contribution is -0.155. The Labute approximate surface area is 190 Å². The third-order valence-electron chi connectivity index (χ3n) is 4.89. The number of esters is 1. The third-order valence-corrected chi connectivity index (χ3v) is 6.30. The minimum absolute atomic E-state index is 0.236. The fourth-order valence-electron chi connectivity index (χ4n) is 2.97. The van der Waals surface area contributed by atoms with Gasteiger partial charge in [-0.1, -0.05) is 11.7 Å². The number of anilines is 1. The van der Waals surface area contributed by atoms with Crippen LogP contribution >= 0.6 is 7.52 Å². The Kier molecular flexibility index (Phi) is 8.35. The summed E-state index contributed by atoms with van der Waals surface area (Å²) in [5.74, 6) is -1.20. The number of imidazole rings is 1. The molecule has 0 bridgehead atoms. The van der Waals surface area contributed by atoms with Gasteiger partial charge in [0.15, 0.2) is 18.1 Å². The van der Waals surface area contributed by atoms with Gasteiger partial charge in [-0.15, -0.1) is 0 Å². The number of aromatic nitrogens is 4. The molecule has 33 heavy (non-hydrogen) atoms. The number of hydrogen-bond acceptors (Lipinski definition) is 11. The molecule has 1 fully saturated rings. The quantitative estimate of drug-likeness (QED) is 0.255. The van der Waals surface area contributed by atoms with E-state index in [4.69, 9.17) is 24.6 Å². The maximum atomic E-state index is 13.2. The smallest absolute Gasteiger partial charge is 0.332 e. The number of nitrogen functional groups attached to an aromatic ring is 1. The number of hydrogen-bond donors (Lipinski definition) is 2. The van der Waals surface area contributed by atoms with E-state index in [1.165, 1.54) is 6.33 Å². The Balaban J connectivity index is 1.59. The van der Waals surface area contributed by atoms with Crippen LogP contribution in [0.3, 0.4) is 0 Å². The van der Waals surface area contributed by atoms with Gasteiger partial charge in [-0.25, -0.2) is 19.7 Å². The van der Waals surface area contributed by atoms with Gasteiger partial charge in [-0.3, -0.25) is 9.36 Å². The summed E-state index contributed by atoms with van der Waals surface area (Å²) in [6.07, 6.45) is 3.97. The number of rotatable bonds is 12. The van der Waals surface area contributed by atoms with Crippen molar-refractivity contribution in [3.8, 4) is 0 Å². The highest BCUT2D eigenvalue weighted by atomic mass is 31.2. The first kappa shape index (κ1) is 25.0. The van der Waals surface area contributed by atoms with E-state index in [0.29, 0.717) is 30.6 Å². The lowest BCUT2D eigenvalue weighted by Crippen LogP contribution is -2.31. The molecule has 182 valence electrons. The van der Waals surface area contributed by atoms with Crippen LogP contribution in [0.15, 0.2) is 12.7 Å². The van der Waals surface area contributed by atoms with E-state index >= 15 is 0 Å². The van der Waals surface area contributed by atoms with E-state index < -0.39 is 38.5 Å². The maximum absolute atomic E-state index is 13.2.